The maximum Gasteiger partial charge on any atom is 0.270 e. The van der Waals surface area contributed by atoms with E-state index in [1.165, 1.54) is 16.9 Å². The zero-order valence-electron chi connectivity index (χ0n) is 11.1. The van der Waals surface area contributed by atoms with Gasteiger partial charge in [-0.3, -0.25) is 4.79 Å². The van der Waals surface area contributed by atoms with E-state index >= 15 is 0 Å². The smallest absolute Gasteiger partial charge is 0.270 e. The number of rotatable bonds is 5. The number of nitrogens with zero attached hydrogens (tertiary/aromatic N) is 2. The molecule has 1 unspecified atom stereocenters. The summed E-state index contributed by atoms with van der Waals surface area (Å²) >= 11 is 3.45. The van der Waals surface area contributed by atoms with Crippen LogP contribution in [0.25, 0.3) is 0 Å². The van der Waals surface area contributed by atoms with Crippen molar-refractivity contribution in [3.05, 3.63) is 56.9 Å². The third-order valence-corrected chi connectivity index (χ3v) is 3.41. The molecule has 20 heavy (non-hydrogen) atoms. The normalized spacial score (nSPS) is 12.2. The van der Waals surface area contributed by atoms with Gasteiger partial charge in [-0.05, 0) is 18.6 Å². The topological polar surface area (TPSA) is 70.1 Å². The molecule has 2 aromatic rings. The lowest BCUT2D eigenvalue weighted by Crippen LogP contribution is -2.26. The molecule has 1 aromatic carbocycles. The number of nitrogens with two attached hydrogens (primary N) is 1. The molecule has 0 radical (unpaired) electrons. The molecule has 5 nitrogen and oxygen atoms in total. The molecule has 2 rings (SSSR count). The van der Waals surface area contributed by atoms with Crippen molar-refractivity contribution < 1.29 is 4.74 Å². The minimum atomic E-state index is -0.206. The third-order valence-electron chi connectivity index (χ3n) is 2.64. The molecule has 0 spiro atoms. The van der Waals surface area contributed by atoms with Crippen molar-refractivity contribution in [1.29, 1.82) is 0 Å². The van der Waals surface area contributed by atoms with Crippen molar-refractivity contribution in [3.63, 3.8) is 0 Å². The Morgan fingerprint density at radius 2 is 2.20 bits per heavy atom. The van der Waals surface area contributed by atoms with Crippen molar-refractivity contribution >= 4 is 15.9 Å². The van der Waals surface area contributed by atoms with E-state index in [2.05, 4.69) is 21.0 Å². The summed E-state index contributed by atoms with van der Waals surface area (Å²) in [7, 11) is 0. The monoisotopic (exact) mass is 337 g/mol. The SMILES string of the molecule is CC(N)COc1cnn(Cc2ccccc2Br)c(=O)c1. The Hall–Kier alpha value is -1.66. The minimum absolute atomic E-state index is 0.0855. The second kappa shape index (κ2) is 6.67. The van der Waals surface area contributed by atoms with Crippen LogP contribution in [0.15, 0.2) is 45.8 Å². The molecule has 1 atom stereocenters. The van der Waals surface area contributed by atoms with Gasteiger partial charge in [0.05, 0.1) is 12.7 Å². The molecule has 0 aliphatic heterocycles. The highest BCUT2D eigenvalue weighted by atomic mass is 79.9. The van der Waals surface area contributed by atoms with Crippen LogP contribution in [0.1, 0.15) is 12.5 Å². The molecule has 0 saturated carbocycles. The lowest BCUT2D eigenvalue weighted by atomic mass is 10.2. The van der Waals surface area contributed by atoms with E-state index in [4.69, 9.17) is 10.5 Å². The van der Waals surface area contributed by atoms with Gasteiger partial charge in [0.15, 0.2) is 0 Å². The van der Waals surface area contributed by atoms with Crippen molar-refractivity contribution in [1.82, 2.24) is 9.78 Å². The zero-order valence-corrected chi connectivity index (χ0v) is 12.7. The van der Waals surface area contributed by atoms with Gasteiger partial charge in [-0.2, -0.15) is 5.10 Å². The van der Waals surface area contributed by atoms with Gasteiger partial charge < -0.3 is 10.5 Å². The van der Waals surface area contributed by atoms with Crippen LogP contribution in [0.2, 0.25) is 0 Å². The summed E-state index contributed by atoms with van der Waals surface area (Å²) in [5.74, 6) is 0.440. The quantitative estimate of drug-likeness (QED) is 0.902. The van der Waals surface area contributed by atoms with E-state index in [1.807, 2.05) is 31.2 Å². The first-order chi connectivity index (χ1) is 9.56. The van der Waals surface area contributed by atoms with Crippen LogP contribution in [0.3, 0.4) is 0 Å². The molecule has 2 N–H and O–H groups in total. The fourth-order valence-corrected chi connectivity index (χ4v) is 2.04. The van der Waals surface area contributed by atoms with E-state index in [1.54, 1.807) is 0 Å². The Morgan fingerprint density at radius 3 is 2.85 bits per heavy atom. The van der Waals surface area contributed by atoms with Crippen LogP contribution in [-0.4, -0.2) is 22.4 Å². The first-order valence-electron chi connectivity index (χ1n) is 6.25. The van der Waals surface area contributed by atoms with Crippen molar-refractivity contribution in [2.75, 3.05) is 6.61 Å². The molecule has 0 fully saturated rings. The van der Waals surface area contributed by atoms with Crippen LogP contribution in [0.5, 0.6) is 5.75 Å². The molecule has 6 heteroatoms. The van der Waals surface area contributed by atoms with Crippen LogP contribution in [0, 0.1) is 0 Å². The number of hydrogen-bond acceptors (Lipinski definition) is 4. The Labute approximate surface area is 125 Å². The third kappa shape index (κ3) is 3.91. The Morgan fingerprint density at radius 1 is 1.45 bits per heavy atom. The summed E-state index contributed by atoms with van der Waals surface area (Å²) in [6.45, 7) is 2.60. The van der Waals surface area contributed by atoms with Gasteiger partial charge >= 0.3 is 0 Å². The van der Waals surface area contributed by atoms with Crippen molar-refractivity contribution in [2.45, 2.75) is 19.5 Å². The Kier molecular flexibility index (Phi) is 4.92. The largest absolute Gasteiger partial charge is 0.490 e. The average molecular weight is 338 g/mol. The summed E-state index contributed by atoms with van der Waals surface area (Å²) in [6, 6.07) is 9.06. The van der Waals surface area contributed by atoms with E-state index in [0.29, 0.717) is 18.9 Å². The summed E-state index contributed by atoms with van der Waals surface area (Å²) in [5, 5.41) is 4.11. The second-order valence-electron chi connectivity index (χ2n) is 4.57. The van der Waals surface area contributed by atoms with Crippen molar-refractivity contribution in [2.24, 2.45) is 5.73 Å². The van der Waals surface area contributed by atoms with Crippen LogP contribution >= 0.6 is 15.9 Å². The van der Waals surface area contributed by atoms with Gasteiger partial charge in [0.25, 0.3) is 5.56 Å². The molecular formula is C14H16BrN3O2. The number of ether oxygens (including phenoxy) is 1. The maximum absolute atomic E-state index is 12.0. The van der Waals surface area contributed by atoms with Crippen LogP contribution in [-0.2, 0) is 6.54 Å². The van der Waals surface area contributed by atoms with E-state index in [9.17, 15) is 4.79 Å². The van der Waals surface area contributed by atoms with Gasteiger partial charge in [0.1, 0.15) is 12.4 Å². The van der Waals surface area contributed by atoms with Crippen LogP contribution in [0.4, 0.5) is 0 Å². The number of hydrogen-bond donors (Lipinski definition) is 1. The molecule has 1 aromatic heterocycles. The standard InChI is InChI=1S/C14H16BrN3O2/c1-10(16)9-20-12-6-14(19)18(17-7-12)8-11-4-2-3-5-13(11)15/h2-7,10H,8-9,16H2,1H3. The summed E-state index contributed by atoms with van der Waals surface area (Å²) in [6.07, 6.45) is 1.53. The summed E-state index contributed by atoms with van der Waals surface area (Å²) in [4.78, 5) is 12.0. The highest BCUT2D eigenvalue weighted by molar-refractivity contribution is 9.10. The predicted molar refractivity (Wildman–Crippen MR) is 80.9 cm³/mol. The molecule has 0 saturated heterocycles. The number of benzene rings is 1. The lowest BCUT2D eigenvalue weighted by Gasteiger charge is -2.10. The molecule has 106 valence electrons. The highest BCUT2D eigenvalue weighted by Crippen LogP contribution is 2.16. The highest BCUT2D eigenvalue weighted by Gasteiger charge is 2.05. The van der Waals surface area contributed by atoms with Gasteiger partial charge in [0, 0.05) is 16.6 Å². The van der Waals surface area contributed by atoms with E-state index in [0.717, 1.165) is 10.0 Å². The number of aromatic nitrogens is 2. The molecule has 0 bridgehead atoms. The summed E-state index contributed by atoms with van der Waals surface area (Å²) in [5.41, 5.74) is 6.38. The van der Waals surface area contributed by atoms with Gasteiger partial charge in [-0.15, -0.1) is 0 Å². The number of halogens is 1. The molecule has 1 heterocycles. The van der Waals surface area contributed by atoms with Crippen LogP contribution < -0.4 is 16.0 Å². The fraction of sp³-hybridized carbons (Fsp3) is 0.286. The molecule has 0 aliphatic carbocycles. The van der Waals surface area contributed by atoms with Gasteiger partial charge in [0.2, 0.25) is 0 Å². The predicted octanol–water partition coefficient (Wildman–Crippen LogP) is 1.78. The average Bonchev–Trinajstić information content (AvgIpc) is 2.41. The van der Waals surface area contributed by atoms with Gasteiger partial charge in [-0.25, -0.2) is 4.68 Å². The van der Waals surface area contributed by atoms with Gasteiger partial charge in [-0.1, -0.05) is 34.1 Å². The lowest BCUT2D eigenvalue weighted by molar-refractivity contribution is 0.293. The zero-order chi connectivity index (χ0) is 14.5. The maximum atomic E-state index is 12.0. The summed E-state index contributed by atoms with van der Waals surface area (Å²) < 4.78 is 7.70. The van der Waals surface area contributed by atoms with E-state index < -0.39 is 0 Å². The Bertz CT molecular complexity index is 640. The first kappa shape index (κ1) is 14.7. The Balaban J connectivity index is 2.14. The molecule has 0 amide bonds. The van der Waals surface area contributed by atoms with Crippen molar-refractivity contribution in [3.8, 4) is 5.75 Å². The first-order valence-corrected chi connectivity index (χ1v) is 7.04. The minimum Gasteiger partial charge on any atom is -0.490 e. The molecular weight excluding hydrogens is 322 g/mol. The van der Waals surface area contributed by atoms with E-state index in [-0.39, 0.29) is 11.6 Å². The molecule has 0 aliphatic rings. The fourth-order valence-electron chi connectivity index (χ4n) is 1.63. The second-order valence-corrected chi connectivity index (χ2v) is 5.42.